The van der Waals surface area contributed by atoms with Crippen molar-refractivity contribution in [2.24, 2.45) is 0 Å². The van der Waals surface area contributed by atoms with E-state index in [4.69, 9.17) is 0 Å². The van der Waals surface area contributed by atoms with Crippen LogP contribution < -0.4 is 5.56 Å². The van der Waals surface area contributed by atoms with E-state index in [9.17, 15) is 9.59 Å². The minimum atomic E-state index is -0.115. The van der Waals surface area contributed by atoms with Crippen LogP contribution in [0.15, 0.2) is 34.4 Å². The Morgan fingerprint density at radius 1 is 1.41 bits per heavy atom. The third-order valence-corrected chi connectivity index (χ3v) is 4.92. The van der Waals surface area contributed by atoms with Gasteiger partial charge in [-0.25, -0.2) is 4.68 Å². The highest BCUT2D eigenvalue weighted by atomic mass is 32.1. The van der Waals surface area contributed by atoms with Gasteiger partial charge >= 0.3 is 0 Å². The molecule has 1 aliphatic rings. The van der Waals surface area contributed by atoms with Crippen LogP contribution in [0.5, 0.6) is 0 Å². The normalized spacial score (nSPS) is 17.9. The fourth-order valence-electron chi connectivity index (χ4n) is 2.89. The van der Waals surface area contributed by atoms with Crippen LogP contribution in [-0.4, -0.2) is 33.2 Å². The lowest BCUT2D eigenvalue weighted by Crippen LogP contribution is -2.40. The van der Waals surface area contributed by atoms with Crippen molar-refractivity contribution in [1.29, 1.82) is 0 Å². The molecule has 0 spiro atoms. The zero-order valence-electron chi connectivity index (χ0n) is 12.6. The molecule has 22 heavy (non-hydrogen) atoms. The largest absolute Gasteiger partial charge is 0.338 e. The van der Waals surface area contributed by atoms with E-state index in [0.29, 0.717) is 13.0 Å². The highest BCUT2D eigenvalue weighted by molar-refractivity contribution is 7.13. The third-order valence-electron chi connectivity index (χ3n) is 4.02. The molecule has 1 amide bonds. The summed E-state index contributed by atoms with van der Waals surface area (Å²) in [5, 5.41) is 6.47. The van der Waals surface area contributed by atoms with Crippen LogP contribution in [0.4, 0.5) is 0 Å². The topological polar surface area (TPSA) is 55.2 Å². The molecular weight excluding hydrogens is 298 g/mol. The number of hydrogen-bond donors (Lipinski definition) is 0. The number of nitrogens with zero attached hydrogens (tertiary/aromatic N) is 3. The Labute approximate surface area is 133 Å². The van der Waals surface area contributed by atoms with E-state index in [1.807, 2.05) is 29.3 Å². The zero-order chi connectivity index (χ0) is 15.5. The van der Waals surface area contributed by atoms with E-state index in [2.05, 4.69) is 5.10 Å². The number of hydrogen-bond acceptors (Lipinski definition) is 4. The summed E-state index contributed by atoms with van der Waals surface area (Å²) in [5.41, 5.74) is 0.692. The Kier molecular flexibility index (Phi) is 4.38. The second kappa shape index (κ2) is 6.44. The Hall–Kier alpha value is -1.95. The molecule has 6 heteroatoms. The smallest absolute Gasteiger partial charge is 0.266 e. The van der Waals surface area contributed by atoms with Crippen LogP contribution in [0.1, 0.15) is 26.2 Å². The van der Waals surface area contributed by atoms with Gasteiger partial charge in [0.2, 0.25) is 5.91 Å². The van der Waals surface area contributed by atoms with Gasteiger partial charge in [0.25, 0.3) is 5.56 Å². The number of carbonyl (C=O) groups is 1. The molecule has 0 aromatic carbocycles. The fraction of sp³-hybridized carbons (Fsp3) is 0.438. The van der Waals surface area contributed by atoms with Crippen LogP contribution in [-0.2, 0) is 11.3 Å². The molecule has 5 nitrogen and oxygen atoms in total. The Bertz CT molecular complexity index is 708. The summed E-state index contributed by atoms with van der Waals surface area (Å²) < 4.78 is 1.50. The molecular formula is C16H19N3O2S. The number of thiophene rings is 1. The van der Waals surface area contributed by atoms with Crippen LogP contribution in [0, 0.1) is 0 Å². The van der Waals surface area contributed by atoms with Crippen LogP contribution >= 0.6 is 11.3 Å². The van der Waals surface area contributed by atoms with Gasteiger partial charge in [-0.05, 0) is 30.4 Å². The summed E-state index contributed by atoms with van der Waals surface area (Å²) in [4.78, 5) is 27.0. The van der Waals surface area contributed by atoms with Gasteiger partial charge in [-0.3, -0.25) is 9.59 Å². The molecule has 1 atom stereocenters. The van der Waals surface area contributed by atoms with E-state index >= 15 is 0 Å². The Morgan fingerprint density at radius 3 is 3.00 bits per heavy atom. The lowest BCUT2D eigenvalue weighted by Gasteiger charge is -2.24. The molecule has 3 heterocycles. The standard InChI is InChI=1S/C16H19N3O2S/c1-2-15(20)18-9-3-5-12(18)11-19-16(21)8-7-13(17-19)14-6-4-10-22-14/h4,6-8,10,12H,2-3,5,9,11H2,1H3/t12-/m1/s1. The Balaban J connectivity index is 1.84. The summed E-state index contributed by atoms with van der Waals surface area (Å²) >= 11 is 1.60. The summed E-state index contributed by atoms with van der Waals surface area (Å²) in [7, 11) is 0. The summed E-state index contributed by atoms with van der Waals surface area (Å²) in [6, 6.07) is 7.35. The van der Waals surface area contributed by atoms with E-state index in [-0.39, 0.29) is 17.5 Å². The van der Waals surface area contributed by atoms with Crippen molar-refractivity contribution >= 4 is 17.2 Å². The number of aromatic nitrogens is 2. The molecule has 0 radical (unpaired) electrons. The molecule has 1 aliphatic heterocycles. The molecule has 116 valence electrons. The third kappa shape index (κ3) is 2.97. The summed E-state index contributed by atoms with van der Waals surface area (Å²) in [6.45, 7) is 3.14. The van der Waals surface area contributed by atoms with E-state index in [1.54, 1.807) is 23.5 Å². The molecule has 1 saturated heterocycles. The second-order valence-corrected chi connectivity index (χ2v) is 6.40. The molecule has 0 bridgehead atoms. The van der Waals surface area contributed by atoms with Crippen molar-refractivity contribution in [3.8, 4) is 10.6 Å². The quantitative estimate of drug-likeness (QED) is 0.870. The van der Waals surface area contributed by atoms with Crippen molar-refractivity contribution < 1.29 is 4.79 Å². The lowest BCUT2D eigenvalue weighted by molar-refractivity contribution is -0.131. The fourth-order valence-corrected chi connectivity index (χ4v) is 3.58. The van der Waals surface area contributed by atoms with Crippen LogP contribution in [0.3, 0.4) is 0 Å². The lowest BCUT2D eigenvalue weighted by atomic mass is 10.2. The van der Waals surface area contributed by atoms with Crippen molar-refractivity contribution in [2.45, 2.75) is 38.8 Å². The van der Waals surface area contributed by atoms with Gasteiger partial charge in [0.1, 0.15) is 5.69 Å². The number of likely N-dealkylation sites (tertiary alicyclic amines) is 1. The summed E-state index contributed by atoms with van der Waals surface area (Å²) in [5.74, 6) is 0.157. The van der Waals surface area contributed by atoms with Gasteiger partial charge < -0.3 is 4.90 Å². The maximum atomic E-state index is 12.1. The minimum Gasteiger partial charge on any atom is -0.338 e. The molecule has 2 aromatic heterocycles. The maximum Gasteiger partial charge on any atom is 0.266 e. The first-order valence-electron chi connectivity index (χ1n) is 7.60. The van der Waals surface area contributed by atoms with E-state index in [0.717, 1.165) is 30.0 Å². The highest BCUT2D eigenvalue weighted by Crippen LogP contribution is 2.22. The van der Waals surface area contributed by atoms with Crippen molar-refractivity contribution in [2.75, 3.05) is 6.54 Å². The molecule has 0 aliphatic carbocycles. The molecule has 0 N–H and O–H groups in total. The molecule has 0 unspecified atom stereocenters. The first-order valence-corrected chi connectivity index (χ1v) is 8.48. The molecule has 1 fully saturated rings. The first kappa shape index (κ1) is 15.0. The first-order chi connectivity index (χ1) is 10.7. The average Bonchev–Trinajstić information content (AvgIpc) is 3.20. The van der Waals surface area contributed by atoms with Gasteiger partial charge in [-0.1, -0.05) is 13.0 Å². The van der Waals surface area contributed by atoms with E-state index < -0.39 is 0 Å². The van der Waals surface area contributed by atoms with Crippen LogP contribution in [0.25, 0.3) is 10.6 Å². The predicted molar refractivity (Wildman–Crippen MR) is 86.8 cm³/mol. The Morgan fingerprint density at radius 2 is 2.27 bits per heavy atom. The monoisotopic (exact) mass is 317 g/mol. The van der Waals surface area contributed by atoms with Gasteiger partial charge in [-0.15, -0.1) is 11.3 Å². The molecule has 2 aromatic rings. The number of carbonyl (C=O) groups excluding carboxylic acids is 1. The maximum absolute atomic E-state index is 12.1. The van der Waals surface area contributed by atoms with Gasteiger partial charge in [0.05, 0.1) is 17.5 Å². The molecule has 3 rings (SSSR count). The predicted octanol–water partition coefficient (Wildman–Crippen LogP) is 2.37. The second-order valence-electron chi connectivity index (χ2n) is 5.45. The highest BCUT2D eigenvalue weighted by Gasteiger charge is 2.28. The van der Waals surface area contributed by atoms with Crippen molar-refractivity contribution in [3.63, 3.8) is 0 Å². The minimum absolute atomic E-state index is 0.0798. The zero-order valence-corrected chi connectivity index (χ0v) is 13.4. The average molecular weight is 317 g/mol. The van der Waals surface area contributed by atoms with Crippen molar-refractivity contribution in [1.82, 2.24) is 14.7 Å². The van der Waals surface area contributed by atoms with Gasteiger partial charge in [0.15, 0.2) is 0 Å². The van der Waals surface area contributed by atoms with Crippen molar-refractivity contribution in [3.05, 3.63) is 40.0 Å². The molecule has 0 saturated carbocycles. The number of amides is 1. The van der Waals surface area contributed by atoms with E-state index in [1.165, 1.54) is 4.68 Å². The summed E-state index contributed by atoms with van der Waals surface area (Å²) in [6.07, 6.45) is 2.44. The SMILES string of the molecule is CCC(=O)N1CCC[C@@H]1Cn1nc(-c2cccs2)ccc1=O. The van der Waals surface area contributed by atoms with Crippen LogP contribution in [0.2, 0.25) is 0 Å². The number of rotatable bonds is 4. The van der Waals surface area contributed by atoms with Gasteiger partial charge in [0, 0.05) is 19.0 Å². The van der Waals surface area contributed by atoms with Gasteiger partial charge in [-0.2, -0.15) is 5.10 Å².